The fourth-order valence-electron chi connectivity index (χ4n) is 0.921. The van der Waals surface area contributed by atoms with Gasteiger partial charge in [-0.1, -0.05) is 41.4 Å². The van der Waals surface area contributed by atoms with Crippen LogP contribution in [-0.4, -0.2) is 8.42 Å². The molecule has 0 fully saturated rings. The molecule has 6 heteroatoms. The van der Waals surface area contributed by atoms with Crippen molar-refractivity contribution in [2.24, 2.45) is 0 Å². The molecular weight excluding hydrogens is 257 g/mol. The van der Waals surface area contributed by atoms with E-state index in [0.29, 0.717) is 0 Å². The number of sulfone groups is 1. The molecule has 0 bridgehead atoms. The summed E-state index contributed by atoms with van der Waals surface area (Å²) in [4.78, 5) is -0.655. The number of nitrogens with zero attached hydrogens (tertiary/aromatic N) is 1. The summed E-state index contributed by atoms with van der Waals surface area (Å²) in [7, 11) is -3.90. The molecule has 0 saturated heterocycles. The van der Waals surface area contributed by atoms with Crippen LogP contribution in [0, 0.1) is 11.3 Å². The number of nitriles is 1. The highest BCUT2D eigenvalue weighted by atomic mass is 35.5. The first-order valence-electron chi connectivity index (χ1n) is 3.75. The van der Waals surface area contributed by atoms with Crippen molar-refractivity contribution in [3.63, 3.8) is 0 Å². The molecule has 0 heterocycles. The molecule has 1 aromatic carbocycles. The quantitative estimate of drug-likeness (QED) is 0.770. The van der Waals surface area contributed by atoms with Crippen LogP contribution in [0.4, 0.5) is 0 Å². The molecule has 1 rings (SSSR count). The van der Waals surface area contributed by atoms with Gasteiger partial charge < -0.3 is 0 Å². The number of hydrogen-bond donors (Lipinski definition) is 0. The Labute approximate surface area is 97.5 Å². The first-order chi connectivity index (χ1) is 7.00. The molecular formula is C9H5Cl2NO2S. The third-order valence-electron chi connectivity index (χ3n) is 1.60. The van der Waals surface area contributed by atoms with Crippen LogP contribution >= 0.6 is 23.2 Å². The predicted molar refractivity (Wildman–Crippen MR) is 58.0 cm³/mol. The molecule has 0 aliphatic heterocycles. The van der Waals surface area contributed by atoms with E-state index in [1.54, 1.807) is 18.2 Å². The first-order valence-corrected chi connectivity index (χ1v) is 5.99. The van der Waals surface area contributed by atoms with Crippen LogP contribution in [0.15, 0.2) is 44.6 Å². The van der Waals surface area contributed by atoms with Crippen molar-refractivity contribution < 1.29 is 8.42 Å². The highest BCUT2D eigenvalue weighted by Crippen LogP contribution is 2.24. The van der Waals surface area contributed by atoms with E-state index in [0.717, 1.165) is 0 Å². The lowest BCUT2D eigenvalue weighted by Gasteiger charge is -2.01. The number of halogens is 2. The molecule has 78 valence electrons. The molecule has 0 spiro atoms. The maximum atomic E-state index is 11.8. The van der Waals surface area contributed by atoms with Crippen molar-refractivity contribution in [1.82, 2.24) is 0 Å². The first kappa shape index (κ1) is 12.1. The second-order valence-corrected chi connectivity index (χ2v) is 5.35. The molecule has 0 N–H and O–H groups in total. The molecule has 0 atom stereocenters. The van der Waals surface area contributed by atoms with Gasteiger partial charge in [-0.05, 0) is 12.1 Å². The normalized spacial score (nSPS) is 10.5. The molecule has 0 amide bonds. The van der Waals surface area contributed by atoms with Gasteiger partial charge in [0.05, 0.1) is 4.90 Å². The van der Waals surface area contributed by atoms with E-state index in [4.69, 9.17) is 28.5 Å². The zero-order valence-corrected chi connectivity index (χ0v) is 9.64. The zero-order chi connectivity index (χ0) is 11.5. The van der Waals surface area contributed by atoms with E-state index in [-0.39, 0.29) is 4.90 Å². The van der Waals surface area contributed by atoms with E-state index in [1.807, 2.05) is 0 Å². The average molecular weight is 262 g/mol. The third-order valence-corrected chi connectivity index (χ3v) is 3.92. The van der Waals surface area contributed by atoms with Gasteiger partial charge in [-0.3, -0.25) is 0 Å². The van der Waals surface area contributed by atoms with Crippen molar-refractivity contribution in [3.05, 3.63) is 39.7 Å². The van der Waals surface area contributed by atoms with Gasteiger partial charge in [-0.15, -0.1) is 0 Å². The number of allylic oxidation sites excluding steroid dienone is 1. The molecule has 0 aliphatic rings. The molecule has 0 radical (unpaired) electrons. The molecule has 0 unspecified atom stereocenters. The Kier molecular flexibility index (Phi) is 3.75. The number of benzene rings is 1. The van der Waals surface area contributed by atoms with Crippen molar-refractivity contribution in [2.75, 3.05) is 0 Å². The SMILES string of the molecule is N#CC(=C(Cl)Cl)S(=O)(=O)c1ccccc1. The monoisotopic (exact) mass is 261 g/mol. The number of hydrogen-bond acceptors (Lipinski definition) is 3. The molecule has 0 aliphatic carbocycles. The van der Waals surface area contributed by atoms with Gasteiger partial charge in [0, 0.05) is 0 Å². The minimum atomic E-state index is -3.90. The fourth-order valence-corrected chi connectivity index (χ4v) is 2.69. The fraction of sp³-hybridized carbons (Fsp3) is 0. The minimum absolute atomic E-state index is 0.0136. The zero-order valence-electron chi connectivity index (χ0n) is 7.31. The Balaban J connectivity index is 3.41. The topological polar surface area (TPSA) is 57.9 Å². The van der Waals surface area contributed by atoms with E-state index in [1.165, 1.54) is 18.2 Å². The van der Waals surface area contributed by atoms with Gasteiger partial charge in [0.2, 0.25) is 9.84 Å². The summed E-state index contributed by atoms with van der Waals surface area (Å²) in [6.07, 6.45) is 0. The molecule has 0 saturated carbocycles. The van der Waals surface area contributed by atoms with Crippen LogP contribution in [0.2, 0.25) is 0 Å². The van der Waals surface area contributed by atoms with Crippen LogP contribution in [0.5, 0.6) is 0 Å². The summed E-state index contributed by atoms with van der Waals surface area (Å²) < 4.78 is 23.0. The van der Waals surface area contributed by atoms with Crippen LogP contribution in [0.1, 0.15) is 0 Å². The van der Waals surface area contributed by atoms with Crippen LogP contribution in [0.25, 0.3) is 0 Å². The van der Waals surface area contributed by atoms with E-state index in [9.17, 15) is 8.42 Å². The molecule has 1 aromatic rings. The maximum absolute atomic E-state index is 11.8. The lowest BCUT2D eigenvalue weighted by Crippen LogP contribution is -2.03. The van der Waals surface area contributed by atoms with E-state index < -0.39 is 19.2 Å². The Morgan fingerprint density at radius 2 is 1.73 bits per heavy atom. The predicted octanol–water partition coefficient (Wildman–Crippen LogP) is 2.63. The van der Waals surface area contributed by atoms with Gasteiger partial charge in [0.25, 0.3) is 0 Å². The summed E-state index contributed by atoms with van der Waals surface area (Å²) in [5.41, 5.74) is 0. The highest BCUT2D eigenvalue weighted by molar-refractivity contribution is 7.95. The van der Waals surface area contributed by atoms with Gasteiger partial charge in [0.15, 0.2) is 4.91 Å². The second kappa shape index (κ2) is 4.67. The summed E-state index contributed by atoms with van der Waals surface area (Å²) in [6.45, 7) is 0. The summed E-state index contributed by atoms with van der Waals surface area (Å²) in [5.74, 6) is 0. The van der Waals surface area contributed by atoms with Gasteiger partial charge in [0.1, 0.15) is 10.6 Å². The molecule has 15 heavy (non-hydrogen) atoms. The Bertz CT molecular complexity index is 525. The summed E-state index contributed by atoms with van der Waals surface area (Å²) in [6, 6.07) is 8.95. The lowest BCUT2D eigenvalue weighted by atomic mass is 10.4. The second-order valence-electron chi connectivity index (χ2n) is 2.52. The van der Waals surface area contributed by atoms with Gasteiger partial charge >= 0.3 is 0 Å². The summed E-state index contributed by atoms with van der Waals surface area (Å²) >= 11 is 10.6. The Hall–Kier alpha value is -1.02. The number of rotatable bonds is 2. The maximum Gasteiger partial charge on any atom is 0.219 e. The Morgan fingerprint density at radius 1 is 1.20 bits per heavy atom. The van der Waals surface area contributed by atoms with Gasteiger partial charge in [-0.25, -0.2) is 8.42 Å². The third kappa shape index (κ3) is 2.51. The van der Waals surface area contributed by atoms with Gasteiger partial charge in [-0.2, -0.15) is 5.26 Å². The standard InChI is InChI=1S/C9H5Cl2NO2S/c10-9(11)8(6-12)15(13,14)7-4-2-1-3-5-7/h1-5H. The average Bonchev–Trinajstić information content (AvgIpc) is 2.19. The highest BCUT2D eigenvalue weighted by Gasteiger charge is 2.23. The molecule has 3 nitrogen and oxygen atoms in total. The molecule has 0 aromatic heterocycles. The van der Waals surface area contributed by atoms with E-state index >= 15 is 0 Å². The van der Waals surface area contributed by atoms with Crippen molar-refractivity contribution in [2.45, 2.75) is 4.90 Å². The minimum Gasteiger partial charge on any atom is -0.218 e. The largest absolute Gasteiger partial charge is 0.219 e. The van der Waals surface area contributed by atoms with E-state index in [2.05, 4.69) is 0 Å². The van der Waals surface area contributed by atoms with Crippen LogP contribution in [-0.2, 0) is 9.84 Å². The smallest absolute Gasteiger partial charge is 0.218 e. The Morgan fingerprint density at radius 3 is 2.13 bits per heavy atom. The van der Waals surface area contributed by atoms with Crippen molar-refractivity contribution >= 4 is 33.0 Å². The van der Waals surface area contributed by atoms with Crippen molar-refractivity contribution in [1.29, 1.82) is 5.26 Å². The van der Waals surface area contributed by atoms with Crippen LogP contribution in [0.3, 0.4) is 0 Å². The van der Waals surface area contributed by atoms with Crippen molar-refractivity contribution in [3.8, 4) is 6.07 Å². The van der Waals surface area contributed by atoms with Crippen LogP contribution < -0.4 is 0 Å². The lowest BCUT2D eigenvalue weighted by molar-refractivity contribution is 0.603. The summed E-state index contributed by atoms with van der Waals surface area (Å²) in [5, 5.41) is 8.64.